The molecule has 0 saturated carbocycles. The molecule has 0 radical (unpaired) electrons. The molecule has 0 bridgehead atoms. The Kier molecular flexibility index (Phi) is 5.92. The van der Waals surface area contributed by atoms with Gasteiger partial charge in [0.05, 0.1) is 25.3 Å². The molecular formula is C17H15BrFNO4. The number of ether oxygens (including phenoxy) is 2. The normalized spacial score (nSPS) is 10.2. The van der Waals surface area contributed by atoms with Gasteiger partial charge < -0.3 is 14.8 Å². The molecule has 0 aliphatic heterocycles. The second kappa shape index (κ2) is 7.92. The summed E-state index contributed by atoms with van der Waals surface area (Å²) in [7, 11) is 2.49. The molecular weight excluding hydrogens is 381 g/mol. The molecule has 126 valence electrons. The highest BCUT2D eigenvalue weighted by atomic mass is 79.9. The number of carbonyl (C=O) groups is 2. The van der Waals surface area contributed by atoms with Crippen molar-refractivity contribution in [3.05, 3.63) is 63.4 Å². The third-order valence-corrected chi connectivity index (χ3v) is 3.77. The summed E-state index contributed by atoms with van der Waals surface area (Å²) in [5, 5.41) is 2.99. The van der Waals surface area contributed by atoms with E-state index in [0.717, 1.165) is 0 Å². The van der Waals surface area contributed by atoms with Crippen LogP contribution in [0.2, 0.25) is 0 Å². The molecule has 0 aliphatic carbocycles. The van der Waals surface area contributed by atoms with E-state index >= 15 is 0 Å². The van der Waals surface area contributed by atoms with Crippen LogP contribution in [0.15, 0.2) is 40.9 Å². The van der Waals surface area contributed by atoms with E-state index in [1.54, 1.807) is 12.1 Å². The standard InChI is InChI=1S/C17H15BrFNO4/c1-23-16(21)11-5-12(17(22)24-2)7-14(6-11)20-9-10-3-4-13(18)8-15(10)19/h3-8,20H,9H2,1-2H3. The number of nitrogens with one attached hydrogen (secondary N) is 1. The van der Waals surface area contributed by atoms with Crippen LogP contribution < -0.4 is 5.32 Å². The van der Waals surface area contributed by atoms with Gasteiger partial charge in [0, 0.05) is 22.3 Å². The molecule has 0 fully saturated rings. The van der Waals surface area contributed by atoms with Gasteiger partial charge in [-0.15, -0.1) is 0 Å². The minimum atomic E-state index is -0.585. The van der Waals surface area contributed by atoms with Crippen molar-refractivity contribution in [3.8, 4) is 0 Å². The first-order chi connectivity index (χ1) is 11.4. The average Bonchev–Trinajstić information content (AvgIpc) is 2.59. The Morgan fingerprint density at radius 2 is 1.62 bits per heavy atom. The number of methoxy groups -OCH3 is 2. The Morgan fingerprint density at radius 1 is 1.04 bits per heavy atom. The molecule has 0 spiro atoms. The molecule has 0 unspecified atom stereocenters. The number of hydrogen-bond donors (Lipinski definition) is 1. The lowest BCUT2D eigenvalue weighted by molar-refractivity contribution is 0.0599. The van der Waals surface area contributed by atoms with Gasteiger partial charge in [-0.3, -0.25) is 0 Å². The van der Waals surface area contributed by atoms with E-state index in [4.69, 9.17) is 0 Å². The molecule has 0 aliphatic rings. The summed E-state index contributed by atoms with van der Waals surface area (Å²) in [6.45, 7) is 0.185. The summed E-state index contributed by atoms with van der Waals surface area (Å²) < 4.78 is 23.8. The molecule has 0 amide bonds. The molecule has 0 heterocycles. The van der Waals surface area contributed by atoms with Gasteiger partial charge in [-0.05, 0) is 30.3 Å². The van der Waals surface area contributed by atoms with Crippen LogP contribution in [0, 0.1) is 5.82 Å². The second-order valence-electron chi connectivity index (χ2n) is 4.87. The number of carbonyl (C=O) groups excluding carboxylic acids is 2. The molecule has 5 nitrogen and oxygen atoms in total. The zero-order valence-electron chi connectivity index (χ0n) is 13.1. The molecule has 2 rings (SSSR count). The quantitative estimate of drug-likeness (QED) is 0.780. The molecule has 2 aromatic rings. The van der Waals surface area contributed by atoms with Crippen molar-refractivity contribution in [2.45, 2.75) is 6.54 Å². The van der Waals surface area contributed by atoms with Crippen LogP contribution in [0.1, 0.15) is 26.3 Å². The van der Waals surface area contributed by atoms with Crippen molar-refractivity contribution in [1.29, 1.82) is 0 Å². The second-order valence-corrected chi connectivity index (χ2v) is 5.79. The Balaban J connectivity index is 2.28. The lowest BCUT2D eigenvalue weighted by Gasteiger charge is -2.11. The highest BCUT2D eigenvalue weighted by Crippen LogP contribution is 2.20. The van der Waals surface area contributed by atoms with Crippen molar-refractivity contribution >= 4 is 33.6 Å². The summed E-state index contributed by atoms with van der Waals surface area (Å²) in [6, 6.07) is 9.15. The number of anilines is 1. The molecule has 0 aromatic heterocycles. The van der Waals surface area contributed by atoms with Gasteiger partial charge in [-0.25, -0.2) is 14.0 Å². The average molecular weight is 396 g/mol. The van der Waals surface area contributed by atoms with Crippen LogP contribution in [0.25, 0.3) is 0 Å². The fourth-order valence-electron chi connectivity index (χ4n) is 2.06. The van der Waals surface area contributed by atoms with Crippen molar-refractivity contribution in [3.63, 3.8) is 0 Å². The van der Waals surface area contributed by atoms with Crippen LogP contribution in [0.3, 0.4) is 0 Å². The zero-order chi connectivity index (χ0) is 17.7. The van der Waals surface area contributed by atoms with E-state index < -0.39 is 11.9 Å². The number of benzene rings is 2. The third-order valence-electron chi connectivity index (χ3n) is 3.27. The van der Waals surface area contributed by atoms with E-state index in [9.17, 15) is 14.0 Å². The number of halogens is 2. The van der Waals surface area contributed by atoms with Gasteiger partial charge in [-0.2, -0.15) is 0 Å². The van der Waals surface area contributed by atoms with Crippen LogP contribution in [-0.2, 0) is 16.0 Å². The molecule has 0 atom stereocenters. The van der Waals surface area contributed by atoms with E-state index in [-0.39, 0.29) is 23.5 Å². The molecule has 2 aromatic carbocycles. The van der Waals surface area contributed by atoms with E-state index in [1.165, 1.54) is 38.5 Å². The zero-order valence-corrected chi connectivity index (χ0v) is 14.6. The largest absolute Gasteiger partial charge is 0.465 e. The van der Waals surface area contributed by atoms with Gasteiger partial charge in [0.15, 0.2) is 0 Å². The molecule has 24 heavy (non-hydrogen) atoms. The van der Waals surface area contributed by atoms with Crippen LogP contribution in [0.5, 0.6) is 0 Å². The SMILES string of the molecule is COC(=O)c1cc(NCc2ccc(Br)cc2F)cc(C(=O)OC)c1. The molecule has 0 saturated heterocycles. The van der Waals surface area contributed by atoms with Crippen LogP contribution in [-0.4, -0.2) is 26.2 Å². The first-order valence-corrected chi connectivity index (χ1v) is 7.73. The van der Waals surface area contributed by atoms with Gasteiger partial charge in [0.1, 0.15) is 5.82 Å². The van der Waals surface area contributed by atoms with E-state index in [2.05, 4.69) is 30.7 Å². The Labute approximate surface area is 146 Å². The summed E-state index contributed by atoms with van der Waals surface area (Å²) in [5.41, 5.74) is 1.31. The number of hydrogen-bond acceptors (Lipinski definition) is 5. The highest BCUT2D eigenvalue weighted by Gasteiger charge is 2.14. The maximum atomic E-state index is 13.9. The van der Waals surface area contributed by atoms with Gasteiger partial charge in [0.25, 0.3) is 0 Å². The van der Waals surface area contributed by atoms with E-state index in [1.807, 2.05) is 0 Å². The van der Waals surface area contributed by atoms with Crippen LogP contribution >= 0.6 is 15.9 Å². The molecule has 7 heteroatoms. The monoisotopic (exact) mass is 395 g/mol. The molecule has 1 N–H and O–H groups in total. The fraction of sp³-hybridized carbons (Fsp3) is 0.176. The van der Waals surface area contributed by atoms with Crippen molar-refractivity contribution in [2.75, 3.05) is 19.5 Å². The van der Waals surface area contributed by atoms with Crippen molar-refractivity contribution < 1.29 is 23.5 Å². The predicted molar refractivity (Wildman–Crippen MR) is 90.5 cm³/mol. The number of esters is 2. The smallest absolute Gasteiger partial charge is 0.337 e. The summed E-state index contributed by atoms with van der Waals surface area (Å²) >= 11 is 3.20. The van der Waals surface area contributed by atoms with Crippen LogP contribution in [0.4, 0.5) is 10.1 Å². The highest BCUT2D eigenvalue weighted by molar-refractivity contribution is 9.10. The fourth-order valence-corrected chi connectivity index (χ4v) is 2.40. The summed E-state index contributed by atoms with van der Waals surface area (Å²) in [4.78, 5) is 23.5. The Hall–Kier alpha value is -2.41. The topological polar surface area (TPSA) is 64.6 Å². The van der Waals surface area contributed by atoms with Crippen molar-refractivity contribution in [1.82, 2.24) is 0 Å². The Bertz CT molecular complexity index is 745. The Morgan fingerprint density at radius 3 is 2.12 bits per heavy atom. The summed E-state index contributed by atoms with van der Waals surface area (Å²) in [5.74, 6) is -1.54. The van der Waals surface area contributed by atoms with Gasteiger partial charge >= 0.3 is 11.9 Å². The summed E-state index contributed by atoms with van der Waals surface area (Å²) in [6.07, 6.45) is 0. The maximum Gasteiger partial charge on any atom is 0.337 e. The van der Waals surface area contributed by atoms with Gasteiger partial charge in [-0.1, -0.05) is 22.0 Å². The lowest BCUT2D eigenvalue weighted by Crippen LogP contribution is -2.09. The number of rotatable bonds is 5. The predicted octanol–water partition coefficient (Wildman–Crippen LogP) is 3.77. The lowest BCUT2D eigenvalue weighted by atomic mass is 10.1. The third kappa shape index (κ3) is 4.32. The first kappa shape index (κ1) is 17.9. The maximum absolute atomic E-state index is 13.9. The minimum Gasteiger partial charge on any atom is -0.465 e. The minimum absolute atomic E-state index is 0.185. The van der Waals surface area contributed by atoms with Gasteiger partial charge in [0.2, 0.25) is 0 Å². The first-order valence-electron chi connectivity index (χ1n) is 6.94. The van der Waals surface area contributed by atoms with Crippen molar-refractivity contribution in [2.24, 2.45) is 0 Å². The van der Waals surface area contributed by atoms with E-state index in [0.29, 0.717) is 15.7 Å².